The molecule has 0 saturated carbocycles. The summed E-state index contributed by atoms with van der Waals surface area (Å²) in [5.74, 6) is -0.445. The molecule has 116 valence electrons. The van der Waals surface area contributed by atoms with Crippen LogP contribution < -0.4 is 5.32 Å². The highest BCUT2D eigenvalue weighted by molar-refractivity contribution is 7.17. The minimum Gasteiger partial charge on any atom is -0.477 e. The number of nitrogens with one attached hydrogen (secondary N) is 1. The predicted octanol–water partition coefficient (Wildman–Crippen LogP) is 3.02. The fourth-order valence-electron chi connectivity index (χ4n) is 2.63. The summed E-state index contributed by atoms with van der Waals surface area (Å²) in [4.78, 5) is 18.5. The van der Waals surface area contributed by atoms with Crippen molar-refractivity contribution in [2.75, 3.05) is 31.5 Å². The molecule has 1 saturated heterocycles. The standard InChI is InChI=1S/C16H19N3O2S/c20-16(21)13-14(17-8-11-19-9-4-5-10-19)18-15(22-13)12-6-2-1-3-7-12/h1-3,6-7,17H,4-5,8-11H2,(H,20,21). The van der Waals surface area contributed by atoms with Crippen LogP contribution in [0.2, 0.25) is 0 Å². The molecule has 2 heterocycles. The van der Waals surface area contributed by atoms with Crippen molar-refractivity contribution in [1.29, 1.82) is 0 Å². The molecule has 0 aliphatic carbocycles. The normalized spacial score (nSPS) is 15.1. The maximum Gasteiger partial charge on any atom is 0.349 e. The van der Waals surface area contributed by atoms with Gasteiger partial charge in [-0.25, -0.2) is 9.78 Å². The summed E-state index contributed by atoms with van der Waals surface area (Å²) in [6.45, 7) is 3.93. The number of nitrogens with zero attached hydrogens (tertiary/aromatic N) is 2. The minimum absolute atomic E-state index is 0.278. The lowest BCUT2D eigenvalue weighted by atomic mass is 10.2. The first-order valence-corrected chi connectivity index (χ1v) is 8.31. The van der Waals surface area contributed by atoms with Crippen LogP contribution in [0.5, 0.6) is 0 Å². The van der Waals surface area contributed by atoms with Crippen LogP contribution in [0.3, 0.4) is 0 Å². The Morgan fingerprint density at radius 1 is 1.27 bits per heavy atom. The van der Waals surface area contributed by atoms with E-state index in [1.165, 1.54) is 24.2 Å². The third-order valence-electron chi connectivity index (χ3n) is 3.76. The zero-order valence-corrected chi connectivity index (χ0v) is 13.1. The van der Waals surface area contributed by atoms with Crippen molar-refractivity contribution >= 4 is 23.1 Å². The van der Waals surface area contributed by atoms with Crippen LogP contribution in [0.15, 0.2) is 30.3 Å². The number of likely N-dealkylation sites (tertiary alicyclic amines) is 1. The molecule has 2 N–H and O–H groups in total. The highest BCUT2D eigenvalue weighted by Gasteiger charge is 2.18. The van der Waals surface area contributed by atoms with Gasteiger partial charge < -0.3 is 15.3 Å². The SMILES string of the molecule is O=C(O)c1sc(-c2ccccc2)nc1NCCN1CCCC1. The summed E-state index contributed by atoms with van der Waals surface area (Å²) < 4.78 is 0. The van der Waals surface area contributed by atoms with Crippen molar-refractivity contribution in [3.8, 4) is 10.6 Å². The third kappa shape index (κ3) is 3.45. The van der Waals surface area contributed by atoms with Crippen molar-refractivity contribution in [3.05, 3.63) is 35.2 Å². The van der Waals surface area contributed by atoms with E-state index < -0.39 is 5.97 Å². The van der Waals surface area contributed by atoms with E-state index in [4.69, 9.17) is 0 Å². The number of thiazole rings is 1. The molecule has 0 atom stereocenters. The monoisotopic (exact) mass is 317 g/mol. The van der Waals surface area contributed by atoms with Crippen molar-refractivity contribution in [2.24, 2.45) is 0 Å². The highest BCUT2D eigenvalue weighted by Crippen LogP contribution is 2.30. The van der Waals surface area contributed by atoms with Crippen LogP contribution in [0.25, 0.3) is 10.6 Å². The third-order valence-corrected chi connectivity index (χ3v) is 4.85. The first kappa shape index (κ1) is 15.0. The Morgan fingerprint density at radius 2 is 2.00 bits per heavy atom. The molecule has 22 heavy (non-hydrogen) atoms. The van der Waals surface area contributed by atoms with E-state index in [-0.39, 0.29) is 4.88 Å². The Labute approximate surface area is 133 Å². The van der Waals surface area contributed by atoms with E-state index in [0.717, 1.165) is 36.8 Å². The van der Waals surface area contributed by atoms with Crippen LogP contribution in [-0.2, 0) is 0 Å². The van der Waals surface area contributed by atoms with Gasteiger partial charge in [-0.2, -0.15) is 0 Å². The average molecular weight is 317 g/mol. The second kappa shape index (κ2) is 6.89. The van der Waals surface area contributed by atoms with Crippen LogP contribution in [-0.4, -0.2) is 47.1 Å². The van der Waals surface area contributed by atoms with Crippen LogP contribution in [0.4, 0.5) is 5.82 Å². The Bertz CT molecular complexity index is 636. The number of carbonyl (C=O) groups is 1. The summed E-state index contributed by atoms with van der Waals surface area (Å²) in [7, 11) is 0. The lowest BCUT2D eigenvalue weighted by molar-refractivity contribution is 0.0703. The molecule has 0 spiro atoms. The van der Waals surface area contributed by atoms with E-state index >= 15 is 0 Å². The predicted molar refractivity (Wildman–Crippen MR) is 88.7 cm³/mol. The molecule has 1 aromatic carbocycles. The molecule has 6 heteroatoms. The van der Waals surface area contributed by atoms with Gasteiger partial charge in [-0.3, -0.25) is 0 Å². The van der Waals surface area contributed by atoms with Crippen molar-refractivity contribution in [3.63, 3.8) is 0 Å². The van der Waals surface area contributed by atoms with Gasteiger partial charge in [-0.15, -0.1) is 11.3 Å². The Kier molecular flexibility index (Phi) is 4.70. The van der Waals surface area contributed by atoms with Crippen LogP contribution in [0.1, 0.15) is 22.5 Å². The van der Waals surface area contributed by atoms with Gasteiger partial charge in [0.05, 0.1) is 0 Å². The number of rotatable bonds is 6. The molecule has 1 aromatic heterocycles. The van der Waals surface area contributed by atoms with E-state index in [1.54, 1.807) is 0 Å². The summed E-state index contributed by atoms with van der Waals surface area (Å²) in [6.07, 6.45) is 2.52. The lowest BCUT2D eigenvalue weighted by Crippen LogP contribution is -2.26. The van der Waals surface area contributed by atoms with E-state index in [0.29, 0.717) is 5.82 Å². The smallest absolute Gasteiger partial charge is 0.349 e. The summed E-state index contributed by atoms with van der Waals surface area (Å²) in [5.41, 5.74) is 0.947. The Balaban J connectivity index is 1.71. The van der Waals surface area contributed by atoms with Crippen molar-refractivity contribution in [1.82, 2.24) is 9.88 Å². The topological polar surface area (TPSA) is 65.5 Å². The summed E-state index contributed by atoms with van der Waals surface area (Å²) in [5, 5.41) is 13.3. The molecule has 0 amide bonds. The maximum atomic E-state index is 11.4. The summed E-state index contributed by atoms with van der Waals surface area (Å²) in [6, 6.07) is 9.68. The van der Waals surface area contributed by atoms with Gasteiger partial charge >= 0.3 is 5.97 Å². The quantitative estimate of drug-likeness (QED) is 0.857. The molecular formula is C16H19N3O2S. The van der Waals surface area contributed by atoms with E-state index in [1.807, 2.05) is 30.3 Å². The minimum atomic E-state index is -0.927. The second-order valence-electron chi connectivity index (χ2n) is 5.34. The fraction of sp³-hybridized carbons (Fsp3) is 0.375. The first-order chi connectivity index (χ1) is 10.7. The van der Waals surface area contributed by atoms with Crippen LogP contribution >= 0.6 is 11.3 Å². The van der Waals surface area contributed by atoms with E-state index in [2.05, 4.69) is 15.2 Å². The van der Waals surface area contributed by atoms with Gasteiger partial charge in [0.1, 0.15) is 5.01 Å². The molecule has 5 nitrogen and oxygen atoms in total. The highest BCUT2D eigenvalue weighted by atomic mass is 32.1. The van der Waals surface area contributed by atoms with Gasteiger partial charge in [-0.1, -0.05) is 30.3 Å². The molecule has 1 aliphatic rings. The molecule has 1 fully saturated rings. The molecule has 0 bridgehead atoms. The maximum absolute atomic E-state index is 11.4. The summed E-state index contributed by atoms with van der Waals surface area (Å²) >= 11 is 1.22. The zero-order chi connectivity index (χ0) is 15.4. The number of aromatic nitrogens is 1. The second-order valence-corrected chi connectivity index (χ2v) is 6.34. The number of aromatic carboxylic acids is 1. The number of hydrogen-bond acceptors (Lipinski definition) is 5. The molecular weight excluding hydrogens is 298 g/mol. The molecule has 3 rings (SSSR count). The van der Waals surface area contributed by atoms with Gasteiger partial charge in [0.25, 0.3) is 0 Å². The van der Waals surface area contributed by atoms with Gasteiger partial charge in [0.15, 0.2) is 10.7 Å². The van der Waals surface area contributed by atoms with Crippen LogP contribution in [0, 0.1) is 0 Å². The fourth-order valence-corrected chi connectivity index (χ4v) is 3.51. The molecule has 0 unspecified atom stereocenters. The van der Waals surface area contributed by atoms with E-state index in [9.17, 15) is 9.90 Å². The molecule has 0 radical (unpaired) electrons. The number of anilines is 1. The van der Waals surface area contributed by atoms with Gasteiger partial charge in [0, 0.05) is 18.7 Å². The zero-order valence-electron chi connectivity index (χ0n) is 12.3. The first-order valence-electron chi connectivity index (χ1n) is 7.50. The Hall–Kier alpha value is -1.92. The lowest BCUT2D eigenvalue weighted by Gasteiger charge is -2.14. The number of carboxylic acids is 1. The number of carboxylic acid groups (broad SMARTS) is 1. The van der Waals surface area contributed by atoms with Gasteiger partial charge in [0.2, 0.25) is 0 Å². The number of hydrogen-bond donors (Lipinski definition) is 2. The number of benzene rings is 1. The largest absolute Gasteiger partial charge is 0.477 e. The molecule has 2 aromatic rings. The van der Waals surface area contributed by atoms with Crippen molar-refractivity contribution in [2.45, 2.75) is 12.8 Å². The Morgan fingerprint density at radius 3 is 2.68 bits per heavy atom. The van der Waals surface area contributed by atoms with Crippen molar-refractivity contribution < 1.29 is 9.90 Å². The van der Waals surface area contributed by atoms with Gasteiger partial charge in [-0.05, 0) is 25.9 Å². The average Bonchev–Trinajstić information content (AvgIpc) is 3.18. The molecule has 1 aliphatic heterocycles.